The first-order chi connectivity index (χ1) is 11.8. The van der Waals surface area contributed by atoms with Crippen molar-refractivity contribution < 1.29 is 0 Å². The number of benzene rings is 3. The van der Waals surface area contributed by atoms with Gasteiger partial charge in [0.05, 0.1) is 6.16 Å². The van der Waals surface area contributed by atoms with Crippen molar-refractivity contribution >= 4 is 23.2 Å². The van der Waals surface area contributed by atoms with Crippen LogP contribution in [-0.2, 0) is 6.42 Å². The predicted molar refractivity (Wildman–Crippen MR) is 110 cm³/mol. The Morgan fingerprint density at radius 3 is 1.67 bits per heavy atom. The van der Waals surface area contributed by atoms with Gasteiger partial charge in [-0.05, 0) is 55.3 Å². The quantitative estimate of drug-likeness (QED) is 0.560. The van der Waals surface area contributed by atoms with Crippen molar-refractivity contribution in [1.82, 2.24) is 0 Å². The van der Waals surface area contributed by atoms with Gasteiger partial charge >= 0.3 is 0 Å². The molecule has 0 unspecified atom stereocenters. The molecule has 0 aromatic heterocycles. The summed E-state index contributed by atoms with van der Waals surface area (Å²) >= 11 is 0. The van der Waals surface area contributed by atoms with Crippen molar-refractivity contribution in [3.63, 3.8) is 0 Å². The van der Waals surface area contributed by atoms with Crippen LogP contribution in [0.5, 0.6) is 0 Å². The number of hydrogen-bond donors (Lipinski definition) is 0. The van der Waals surface area contributed by atoms with Crippen LogP contribution >= 0.6 is 7.26 Å². The summed E-state index contributed by atoms with van der Waals surface area (Å²) in [5.74, 6) is 0. The molecule has 0 fully saturated rings. The summed E-state index contributed by atoms with van der Waals surface area (Å²) in [6, 6.07) is 31.5. The second-order valence-corrected chi connectivity index (χ2v) is 10.0. The molecule has 0 amide bonds. The molecule has 3 aromatic carbocycles. The van der Waals surface area contributed by atoms with Gasteiger partial charge in [-0.1, -0.05) is 61.9 Å². The van der Waals surface area contributed by atoms with E-state index < -0.39 is 7.26 Å². The highest BCUT2D eigenvalue weighted by Gasteiger charge is 2.43. The maximum atomic E-state index is 2.46. The summed E-state index contributed by atoms with van der Waals surface area (Å²) in [6.07, 6.45) is 3.50. The zero-order valence-corrected chi connectivity index (χ0v) is 15.5. The largest absolute Gasteiger partial charge is 0.111 e. The maximum Gasteiger partial charge on any atom is 0.111 e. The van der Waals surface area contributed by atoms with Crippen LogP contribution in [0.4, 0.5) is 0 Å². The fourth-order valence-corrected chi connectivity index (χ4v) is 7.68. The second-order valence-electron chi connectivity index (χ2n) is 6.22. The Labute approximate surface area is 146 Å². The molecule has 3 aromatic rings. The third-order valence-corrected chi connectivity index (χ3v) is 9.23. The van der Waals surface area contributed by atoms with Crippen molar-refractivity contribution in [3.05, 3.63) is 90.5 Å². The van der Waals surface area contributed by atoms with E-state index in [1.807, 2.05) is 0 Å². The van der Waals surface area contributed by atoms with Gasteiger partial charge in [-0.3, -0.25) is 0 Å². The van der Waals surface area contributed by atoms with Crippen LogP contribution in [0.2, 0.25) is 0 Å². The highest BCUT2D eigenvalue weighted by Crippen LogP contribution is 2.54. The molecule has 0 nitrogen and oxygen atoms in total. The minimum Gasteiger partial charge on any atom is -0.0651 e. The molecule has 0 atom stereocenters. The summed E-state index contributed by atoms with van der Waals surface area (Å²) in [7, 11) is -1.58. The van der Waals surface area contributed by atoms with Gasteiger partial charge in [0, 0.05) is 0 Å². The predicted octanol–water partition coefficient (Wildman–Crippen LogP) is 4.95. The molecule has 0 aliphatic rings. The molecule has 0 aliphatic carbocycles. The van der Waals surface area contributed by atoms with Crippen molar-refractivity contribution in [1.29, 1.82) is 0 Å². The molecule has 3 rings (SSSR count). The van der Waals surface area contributed by atoms with E-state index in [1.54, 1.807) is 0 Å². The number of rotatable bonds is 6. The smallest absolute Gasteiger partial charge is 0.0651 e. The van der Waals surface area contributed by atoms with E-state index in [2.05, 4.69) is 98.8 Å². The van der Waals surface area contributed by atoms with Gasteiger partial charge in [0.15, 0.2) is 0 Å². The van der Waals surface area contributed by atoms with Crippen LogP contribution in [0, 0.1) is 0 Å². The topological polar surface area (TPSA) is 0 Å². The first-order valence-electron chi connectivity index (χ1n) is 8.90. The average molecular weight is 333 g/mol. The normalized spacial score (nSPS) is 11.4. The first kappa shape index (κ1) is 16.9. The van der Waals surface area contributed by atoms with Gasteiger partial charge in [0.1, 0.15) is 23.2 Å². The Balaban J connectivity index is 2.24. The molecule has 122 valence electrons. The Morgan fingerprint density at radius 1 is 0.625 bits per heavy atom. The second kappa shape index (κ2) is 7.77. The van der Waals surface area contributed by atoms with Gasteiger partial charge in [0.25, 0.3) is 0 Å². The van der Waals surface area contributed by atoms with E-state index in [9.17, 15) is 0 Å². The fraction of sp³-hybridized carbons (Fsp3) is 0.217. The summed E-state index contributed by atoms with van der Waals surface area (Å²) in [4.78, 5) is 0. The van der Waals surface area contributed by atoms with Gasteiger partial charge in [-0.2, -0.15) is 0 Å². The molecular formula is C23H26P+. The van der Waals surface area contributed by atoms with E-state index >= 15 is 0 Å². The summed E-state index contributed by atoms with van der Waals surface area (Å²) < 4.78 is 0. The molecule has 0 radical (unpaired) electrons. The monoisotopic (exact) mass is 333 g/mol. The first-order valence-corrected chi connectivity index (χ1v) is 10.9. The Bertz CT molecular complexity index is 723. The van der Waals surface area contributed by atoms with E-state index in [0.717, 1.165) is 12.6 Å². The van der Waals surface area contributed by atoms with E-state index in [0.29, 0.717) is 0 Å². The van der Waals surface area contributed by atoms with Crippen molar-refractivity contribution in [2.45, 2.75) is 26.7 Å². The molecule has 24 heavy (non-hydrogen) atoms. The van der Waals surface area contributed by atoms with Gasteiger partial charge in [0.2, 0.25) is 0 Å². The molecule has 0 aliphatic heterocycles. The van der Waals surface area contributed by atoms with Crippen LogP contribution in [-0.4, -0.2) is 6.16 Å². The summed E-state index contributed by atoms with van der Waals surface area (Å²) in [6.45, 7) is 4.60. The molecule has 0 saturated carbocycles. The Kier molecular flexibility index (Phi) is 5.48. The molecule has 0 heterocycles. The minimum absolute atomic E-state index is 1.15. The van der Waals surface area contributed by atoms with Crippen molar-refractivity contribution in [3.8, 4) is 0 Å². The summed E-state index contributed by atoms with van der Waals surface area (Å²) in [5.41, 5.74) is 1.46. The lowest BCUT2D eigenvalue weighted by atomic mass is 10.1. The Morgan fingerprint density at radius 2 is 1.17 bits per heavy atom. The highest BCUT2D eigenvalue weighted by molar-refractivity contribution is 7.95. The minimum atomic E-state index is -1.58. The lowest BCUT2D eigenvalue weighted by molar-refractivity contribution is 0.923. The van der Waals surface area contributed by atoms with E-state index in [1.165, 1.54) is 27.9 Å². The van der Waals surface area contributed by atoms with Crippen LogP contribution in [0.15, 0.2) is 84.9 Å². The SMILES string of the molecule is CCCc1cccc([P+](CC)(c2ccccc2)c2ccccc2)c1. The van der Waals surface area contributed by atoms with Gasteiger partial charge < -0.3 is 0 Å². The maximum absolute atomic E-state index is 2.46. The molecule has 0 spiro atoms. The fourth-order valence-electron chi connectivity index (χ4n) is 3.60. The van der Waals surface area contributed by atoms with Gasteiger partial charge in [-0.15, -0.1) is 0 Å². The van der Waals surface area contributed by atoms with Crippen LogP contribution < -0.4 is 15.9 Å². The molecule has 0 N–H and O–H groups in total. The lowest BCUT2D eigenvalue weighted by Crippen LogP contribution is -2.32. The highest BCUT2D eigenvalue weighted by atomic mass is 31.2. The van der Waals surface area contributed by atoms with Crippen LogP contribution in [0.25, 0.3) is 0 Å². The van der Waals surface area contributed by atoms with E-state index in [4.69, 9.17) is 0 Å². The summed E-state index contributed by atoms with van der Waals surface area (Å²) in [5, 5.41) is 4.47. The standard InChI is InChI=1S/C23H26P/c1-3-12-20-13-11-18-23(19-20)24(4-2,21-14-7-5-8-15-21)22-16-9-6-10-17-22/h5-11,13-19H,3-4,12H2,1-2H3/q+1. The van der Waals surface area contributed by atoms with Gasteiger partial charge in [-0.25, -0.2) is 0 Å². The Hall–Kier alpha value is -1.91. The number of aryl methyl sites for hydroxylation is 1. The van der Waals surface area contributed by atoms with E-state index in [-0.39, 0.29) is 0 Å². The van der Waals surface area contributed by atoms with Crippen molar-refractivity contribution in [2.75, 3.05) is 6.16 Å². The van der Waals surface area contributed by atoms with Crippen LogP contribution in [0.1, 0.15) is 25.8 Å². The average Bonchev–Trinajstić information content (AvgIpc) is 2.65. The van der Waals surface area contributed by atoms with Crippen molar-refractivity contribution in [2.24, 2.45) is 0 Å². The molecule has 0 bridgehead atoms. The zero-order chi connectivity index (χ0) is 16.8. The lowest BCUT2D eigenvalue weighted by Gasteiger charge is -2.26. The third-order valence-electron chi connectivity index (χ3n) is 4.76. The molecular weight excluding hydrogens is 307 g/mol. The molecule has 0 saturated heterocycles. The zero-order valence-electron chi connectivity index (χ0n) is 14.7. The third kappa shape index (κ3) is 3.17. The molecule has 1 heteroatoms. The van der Waals surface area contributed by atoms with Crippen LogP contribution in [0.3, 0.4) is 0 Å². The number of hydrogen-bond acceptors (Lipinski definition) is 0.